The van der Waals surface area contributed by atoms with Gasteiger partial charge in [-0.2, -0.15) is 0 Å². The highest BCUT2D eigenvalue weighted by Crippen LogP contribution is 2.15. The summed E-state index contributed by atoms with van der Waals surface area (Å²) in [5.41, 5.74) is 1.66. The second kappa shape index (κ2) is 9.61. The van der Waals surface area contributed by atoms with Gasteiger partial charge in [-0.15, -0.1) is 10.2 Å². The van der Waals surface area contributed by atoms with Crippen LogP contribution in [0, 0.1) is 0 Å². The maximum Gasteiger partial charge on any atom is 0.286 e. The van der Waals surface area contributed by atoms with Gasteiger partial charge in [0, 0.05) is 25.1 Å². The summed E-state index contributed by atoms with van der Waals surface area (Å²) < 4.78 is 5.17. The Bertz CT molecular complexity index is 943. The smallest absolute Gasteiger partial charge is 0.286 e. The van der Waals surface area contributed by atoms with Gasteiger partial charge in [0.25, 0.3) is 5.91 Å². The van der Waals surface area contributed by atoms with Crippen LogP contribution in [0.25, 0.3) is 0 Å². The second-order valence-electron chi connectivity index (χ2n) is 5.95. The Morgan fingerprint density at radius 3 is 2.68 bits per heavy atom. The van der Waals surface area contributed by atoms with E-state index in [0.29, 0.717) is 23.7 Å². The summed E-state index contributed by atoms with van der Waals surface area (Å²) in [4.78, 5) is 24.2. The third-order valence-corrected chi connectivity index (χ3v) is 4.86. The molecule has 0 saturated heterocycles. The molecule has 28 heavy (non-hydrogen) atoms. The van der Waals surface area contributed by atoms with Crippen LogP contribution in [-0.2, 0) is 17.8 Å². The topological polar surface area (TPSA) is 93.2 Å². The molecule has 2 amide bonds. The predicted molar refractivity (Wildman–Crippen MR) is 107 cm³/mol. The number of ether oxygens (including phenoxy) is 1. The molecular weight excluding hydrogens is 376 g/mol. The number of aryl methyl sites for hydroxylation is 1. The van der Waals surface area contributed by atoms with Gasteiger partial charge in [0.05, 0.1) is 7.11 Å². The SMILES string of the molecule is COc1cccc(CNC(=O)CCc2nnc(C(=O)Nc3ccccc3)s2)c1. The van der Waals surface area contributed by atoms with Crippen molar-refractivity contribution in [1.82, 2.24) is 15.5 Å². The van der Waals surface area contributed by atoms with Crippen molar-refractivity contribution in [2.75, 3.05) is 12.4 Å². The summed E-state index contributed by atoms with van der Waals surface area (Å²) in [6.45, 7) is 0.427. The molecule has 0 aliphatic rings. The average Bonchev–Trinajstić information content (AvgIpc) is 3.21. The Balaban J connectivity index is 1.45. The number of carbonyl (C=O) groups excluding carboxylic acids is 2. The van der Waals surface area contributed by atoms with E-state index >= 15 is 0 Å². The highest BCUT2D eigenvalue weighted by molar-refractivity contribution is 7.13. The molecule has 8 heteroatoms. The van der Waals surface area contributed by atoms with Crippen molar-refractivity contribution in [2.24, 2.45) is 0 Å². The first-order valence-electron chi connectivity index (χ1n) is 8.72. The zero-order valence-electron chi connectivity index (χ0n) is 15.3. The molecule has 7 nitrogen and oxygen atoms in total. The number of aromatic nitrogens is 2. The first kappa shape index (κ1) is 19.5. The first-order valence-corrected chi connectivity index (χ1v) is 9.54. The van der Waals surface area contributed by atoms with E-state index in [1.165, 1.54) is 11.3 Å². The lowest BCUT2D eigenvalue weighted by molar-refractivity contribution is -0.121. The van der Waals surface area contributed by atoms with Crippen molar-refractivity contribution in [3.63, 3.8) is 0 Å². The highest BCUT2D eigenvalue weighted by atomic mass is 32.1. The minimum absolute atomic E-state index is 0.0895. The van der Waals surface area contributed by atoms with E-state index in [2.05, 4.69) is 20.8 Å². The van der Waals surface area contributed by atoms with Gasteiger partial charge >= 0.3 is 0 Å². The van der Waals surface area contributed by atoms with Crippen LogP contribution in [0.5, 0.6) is 5.75 Å². The van der Waals surface area contributed by atoms with Gasteiger partial charge in [-0.3, -0.25) is 9.59 Å². The Kier molecular flexibility index (Phi) is 6.69. The van der Waals surface area contributed by atoms with Gasteiger partial charge in [-0.25, -0.2) is 0 Å². The maximum atomic E-state index is 12.2. The molecule has 3 aromatic rings. The van der Waals surface area contributed by atoms with E-state index < -0.39 is 0 Å². The fraction of sp³-hybridized carbons (Fsp3) is 0.200. The van der Waals surface area contributed by atoms with Crippen LogP contribution in [-0.4, -0.2) is 29.1 Å². The van der Waals surface area contributed by atoms with Crippen molar-refractivity contribution in [3.8, 4) is 5.75 Å². The molecule has 0 bridgehead atoms. The third kappa shape index (κ3) is 5.62. The standard InChI is InChI=1S/C20H20N4O3S/c1-27-16-9-5-6-14(12-16)13-21-17(25)10-11-18-23-24-20(28-18)19(26)22-15-7-3-2-4-8-15/h2-9,12H,10-11,13H2,1H3,(H,21,25)(H,22,26). The number of rotatable bonds is 8. The van der Waals surface area contributed by atoms with Crippen LogP contribution in [0.3, 0.4) is 0 Å². The molecule has 0 saturated carbocycles. The van der Waals surface area contributed by atoms with Crippen LogP contribution in [0.15, 0.2) is 54.6 Å². The van der Waals surface area contributed by atoms with Crippen LogP contribution >= 0.6 is 11.3 Å². The van der Waals surface area contributed by atoms with E-state index in [4.69, 9.17) is 4.74 Å². The highest BCUT2D eigenvalue weighted by Gasteiger charge is 2.14. The fourth-order valence-corrected chi connectivity index (χ4v) is 3.18. The molecule has 3 rings (SSSR count). The summed E-state index contributed by atoms with van der Waals surface area (Å²) in [5.74, 6) is 0.354. The number of hydrogen-bond acceptors (Lipinski definition) is 6. The molecule has 144 valence electrons. The monoisotopic (exact) mass is 396 g/mol. The fourth-order valence-electron chi connectivity index (χ4n) is 2.44. The molecule has 0 aliphatic heterocycles. The molecule has 0 aliphatic carbocycles. The van der Waals surface area contributed by atoms with Gasteiger partial charge in [-0.1, -0.05) is 41.7 Å². The number of hydrogen-bond donors (Lipinski definition) is 2. The molecule has 1 heterocycles. The van der Waals surface area contributed by atoms with E-state index in [9.17, 15) is 9.59 Å². The van der Waals surface area contributed by atoms with E-state index in [-0.39, 0.29) is 23.2 Å². The number of nitrogens with zero attached hydrogens (tertiary/aromatic N) is 2. The zero-order chi connectivity index (χ0) is 19.8. The number of amides is 2. The molecule has 1 aromatic heterocycles. The lowest BCUT2D eigenvalue weighted by Gasteiger charge is -2.06. The molecule has 0 unspecified atom stereocenters. The molecule has 2 aromatic carbocycles. The molecular formula is C20H20N4O3S. The van der Waals surface area contributed by atoms with Crippen molar-refractivity contribution >= 4 is 28.8 Å². The van der Waals surface area contributed by atoms with Crippen molar-refractivity contribution in [1.29, 1.82) is 0 Å². The Hall–Kier alpha value is -3.26. The van der Waals surface area contributed by atoms with E-state index in [1.54, 1.807) is 19.2 Å². The largest absolute Gasteiger partial charge is 0.497 e. The zero-order valence-corrected chi connectivity index (χ0v) is 16.2. The van der Waals surface area contributed by atoms with Crippen LogP contribution in [0.4, 0.5) is 5.69 Å². The molecule has 2 N–H and O–H groups in total. The predicted octanol–water partition coefficient (Wildman–Crippen LogP) is 3.05. The molecule has 0 radical (unpaired) electrons. The Labute approximate surface area is 166 Å². The minimum Gasteiger partial charge on any atom is -0.497 e. The summed E-state index contributed by atoms with van der Waals surface area (Å²) in [6.07, 6.45) is 0.707. The molecule has 0 atom stereocenters. The number of nitrogens with one attached hydrogen (secondary N) is 2. The van der Waals surface area contributed by atoms with Gasteiger partial charge in [0.1, 0.15) is 10.8 Å². The summed E-state index contributed by atoms with van der Waals surface area (Å²) in [7, 11) is 1.61. The van der Waals surface area contributed by atoms with Gasteiger partial charge < -0.3 is 15.4 Å². The molecule has 0 spiro atoms. The van der Waals surface area contributed by atoms with Crippen LogP contribution in [0.2, 0.25) is 0 Å². The minimum atomic E-state index is -0.308. The summed E-state index contributed by atoms with van der Waals surface area (Å²) in [5, 5.41) is 14.5. The number of benzene rings is 2. The lowest BCUT2D eigenvalue weighted by atomic mass is 10.2. The Morgan fingerprint density at radius 1 is 1.07 bits per heavy atom. The van der Waals surface area contributed by atoms with Crippen LogP contribution in [0.1, 0.15) is 26.8 Å². The Morgan fingerprint density at radius 2 is 1.89 bits per heavy atom. The number of carbonyl (C=O) groups is 2. The lowest BCUT2D eigenvalue weighted by Crippen LogP contribution is -2.22. The van der Waals surface area contributed by atoms with Crippen molar-refractivity contribution in [3.05, 3.63) is 70.2 Å². The summed E-state index contributed by atoms with van der Waals surface area (Å²) in [6, 6.07) is 16.7. The third-order valence-electron chi connectivity index (χ3n) is 3.88. The summed E-state index contributed by atoms with van der Waals surface area (Å²) >= 11 is 1.19. The maximum absolute atomic E-state index is 12.2. The van der Waals surface area contributed by atoms with E-state index in [1.807, 2.05) is 42.5 Å². The van der Waals surface area contributed by atoms with Crippen LogP contribution < -0.4 is 15.4 Å². The van der Waals surface area contributed by atoms with E-state index in [0.717, 1.165) is 11.3 Å². The van der Waals surface area contributed by atoms with Gasteiger partial charge in [-0.05, 0) is 29.8 Å². The second-order valence-corrected chi connectivity index (χ2v) is 7.01. The normalized spacial score (nSPS) is 10.3. The van der Waals surface area contributed by atoms with Crippen molar-refractivity contribution < 1.29 is 14.3 Å². The average molecular weight is 396 g/mol. The van der Waals surface area contributed by atoms with Gasteiger partial charge in [0.15, 0.2) is 0 Å². The van der Waals surface area contributed by atoms with Gasteiger partial charge in [0.2, 0.25) is 10.9 Å². The first-order chi connectivity index (χ1) is 13.6. The van der Waals surface area contributed by atoms with Crippen molar-refractivity contribution in [2.45, 2.75) is 19.4 Å². The number of anilines is 1. The number of methoxy groups -OCH3 is 1. The number of para-hydroxylation sites is 1. The molecule has 0 fully saturated rings. The quantitative estimate of drug-likeness (QED) is 0.610.